The van der Waals surface area contributed by atoms with Gasteiger partial charge in [0.25, 0.3) is 0 Å². The largest absolute Gasteiger partial charge is 0.455 e. The molecule has 3 rings (SSSR count). The second-order valence-electron chi connectivity index (χ2n) is 4.45. The van der Waals surface area contributed by atoms with E-state index < -0.39 is 0 Å². The highest BCUT2D eigenvalue weighted by molar-refractivity contribution is 9.10. The molecule has 0 saturated carbocycles. The first-order chi connectivity index (χ1) is 10.2. The minimum Gasteiger partial charge on any atom is -0.455 e. The quantitative estimate of drug-likeness (QED) is 0.569. The number of fused-ring (bicyclic) bond motifs is 1. The first-order valence-electron chi connectivity index (χ1n) is 6.24. The van der Waals surface area contributed by atoms with Gasteiger partial charge >= 0.3 is 0 Å². The number of benzene rings is 3. The van der Waals surface area contributed by atoms with Gasteiger partial charge in [-0.15, -0.1) is 0 Å². The molecule has 3 aromatic rings. The first-order valence-corrected chi connectivity index (χ1v) is 7.41. The molecular weight excluding hydrogens is 350 g/mol. The summed E-state index contributed by atoms with van der Waals surface area (Å²) in [5.74, 6) is 1.14. The summed E-state index contributed by atoms with van der Waals surface area (Å²) in [6.45, 7) is 0. The molecule has 0 heterocycles. The Morgan fingerprint density at radius 2 is 1.76 bits per heavy atom. The van der Waals surface area contributed by atoms with Crippen molar-refractivity contribution in [1.29, 1.82) is 5.26 Å². The van der Waals surface area contributed by atoms with Crippen molar-refractivity contribution in [3.63, 3.8) is 0 Å². The summed E-state index contributed by atoms with van der Waals surface area (Å²) in [4.78, 5) is 0. The Kier molecular flexibility index (Phi) is 3.83. The highest BCUT2D eigenvalue weighted by Gasteiger charge is 2.10. The monoisotopic (exact) mass is 357 g/mol. The fourth-order valence-electron chi connectivity index (χ4n) is 2.09. The Morgan fingerprint density at radius 1 is 1.00 bits per heavy atom. The number of halogens is 2. The Balaban J connectivity index is 2.07. The van der Waals surface area contributed by atoms with Crippen LogP contribution in [0, 0.1) is 11.3 Å². The molecule has 0 unspecified atom stereocenters. The molecule has 102 valence electrons. The third-order valence-corrected chi connectivity index (χ3v) is 4.16. The second kappa shape index (κ2) is 5.77. The third kappa shape index (κ3) is 2.73. The van der Waals surface area contributed by atoms with Gasteiger partial charge in [0.1, 0.15) is 17.6 Å². The standard InChI is InChI=1S/C17H9BrClNO/c18-17-14-4-2-1-3-11(14)5-7-16(17)21-15-8-6-13(19)9-12(15)10-20/h1-9H. The summed E-state index contributed by atoms with van der Waals surface area (Å²) in [7, 11) is 0. The molecular formula is C17H9BrClNO. The predicted molar refractivity (Wildman–Crippen MR) is 87.9 cm³/mol. The summed E-state index contributed by atoms with van der Waals surface area (Å²) in [6.07, 6.45) is 0. The summed E-state index contributed by atoms with van der Waals surface area (Å²) >= 11 is 9.46. The molecule has 21 heavy (non-hydrogen) atoms. The minimum atomic E-state index is 0.405. The molecule has 0 atom stereocenters. The highest BCUT2D eigenvalue weighted by Crippen LogP contribution is 2.37. The second-order valence-corrected chi connectivity index (χ2v) is 5.68. The SMILES string of the molecule is N#Cc1cc(Cl)ccc1Oc1ccc2ccccc2c1Br. The van der Waals surface area contributed by atoms with E-state index in [1.807, 2.05) is 36.4 Å². The molecule has 0 bridgehead atoms. The summed E-state index contributed by atoms with van der Waals surface area (Å²) in [5, 5.41) is 11.8. The Bertz CT molecular complexity index is 870. The zero-order chi connectivity index (χ0) is 14.8. The smallest absolute Gasteiger partial charge is 0.145 e. The lowest BCUT2D eigenvalue weighted by atomic mass is 10.1. The van der Waals surface area contributed by atoms with Crippen LogP contribution in [0.5, 0.6) is 11.5 Å². The molecule has 0 spiro atoms. The maximum Gasteiger partial charge on any atom is 0.145 e. The van der Waals surface area contributed by atoms with Gasteiger partial charge in [0.2, 0.25) is 0 Å². The molecule has 0 fully saturated rings. The average molecular weight is 359 g/mol. The fraction of sp³-hybridized carbons (Fsp3) is 0. The van der Waals surface area contributed by atoms with Gasteiger partial charge in [-0.1, -0.05) is 41.9 Å². The van der Waals surface area contributed by atoms with Gasteiger partial charge in [0.05, 0.1) is 10.0 Å². The summed E-state index contributed by atoms with van der Waals surface area (Å²) in [5.41, 5.74) is 0.405. The van der Waals surface area contributed by atoms with Gasteiger partial charge in [0, 0.05) is 5.02 Å². The lowest BCUT2D eigenvalue weighted by Crippen LogP contribution is -1.90. The van der Waals surface area contributed by atoms with Gasteiger partial charge in [-0.3, -0.25) is 0 Å². The van der Waals surface area contributed by atoms with Gasteiger partial charge in [-0.2, -0.15) is 5.26 Å². The summed E-state index contributed by atoms with van der Waals surface area (Å²) < 4.78 is 6.73. The average Bonchev–Trinajstić information content (AvgIpc) is 2.51. The number of nitrogens with zero attached hydrogens (tertiary/aromatic N) is 1. The lowest BCUT2D eigenvalue weighted by Gasteiger charge is -2.11. The van der Waals surface area contributed by atoms with Crippen LogP contribution in [0.2, 0.25) is 5.02 Å². The van der Waals surface area contributed by atoms with Crippen LogP contribution in [0.15, 0.2) is 59.1 Å². The first kappa shape index (κ1) is 13.9. The van der Waals surface area contributed by atoms with Crippen molar-refractivity contribution < 1.29 is 4.74 Å². The number of hydrogen-bond acceptors (Lipinski definition) is 2. The van der Waals surface area contributed by atoms with E-state index in [1.54, 1.807) is 18.2 Å². The van der Waals surface area contributed by atoms with E-state index in [4.69, 9.17) is 21.6 Å². The van der Waals surface area contributed by atoms with Crippen molar-refractivity contribution in [1.82, 2.24) is 0 Å². The minimum absolute atomic E-state index is 0.405. The van der Waals surface area contributed by atoms with Crippen molar-refractivity contribution in [2.75, 3.05) is 0 Å². The van der Waals surface area contributed by atoms with Crippen LogP contribution in [0.3, 0.4) is 0 Å². The van der Waals surface area contributed by atoms with Crippen molar-refractivity contribution in [2.24, 2.45) is 0 Å². The number of rotatable bonds is 2. The van der Waals surface area contributed by atoms with Crippen LogP contribution in [-0.4, -0.2) is 0 Å². The van der Waals surface area contributed by atoms with E-state index in [-0.39, 0.29) is 0 Å². The third-order valence-electron chi connectivity index (χ3n) is 3.11. The van der Waals surface area contributed by atoms with Crippen LogP contribution in [0.1, 0.15) is 5.56 Å². The van der Waals surface area contributed by atoms with Crippen molar-refractivity contribution in [2.45, 2.75) is 0 Å². The van der Waals surface area contributed by atoms with Gasteiger partial charge in [-0.05, 0) is 51.0 Å². The zero-order valence-electron chi connectivity index (χ0n) is 10.8. The molecule has 0 N–H and O–H groups in total. The Morgan fingerprint density at radius 3 is 2.57 bits per heavy atom. The number of ether oxygens (including phenoxy) is 1. The van der Waals surface area contributed by atoms with Crippen LogP contribution >= 0.6 is 27.5 Å². The maximum atomic E-state index is 9.16. The number of hydrogen-bond donors (Lipinski definition) is 0. The van der Waals surface area contributed by atoms with E-state index in [0.717, 1.165) is 15.2 Å². The number of nitriles is 1. The normalized spacial score (nSPS) is 10.3. The van der Waals surface area contributed by atoms with E-state index in [1.165, 1.54) is 0 Å². The predicted octanol–water partition coefficient (Wildman–Crippen LogP) is 5.92. The molecule has 0 saturated heterocycles. The molecule has 2 nitrogen and oxygen atoms in total. The maximum absolute atomic E-state index is 9.16. The topological polar surface area (TPSA) is 33.0 Å². The van der Waals surface area contributed by atoms with E-state index in [0.29, 0.717) is 22.1 Å². The Hall–Kier alpha value is -2.02. The van der Waals surface area contributed by atoms with Gasteiger partial charge in [0.15, 0.2) is 0 Å². The van der Waals surface area contributed by atoms with Crippen molar-refractivity contribution in [3.8, 4) is 17.6 Å². The highest BCUT2D eigenvalue weighted by atomic mass is 79.9. The van der Waals surface area contributed by atoms with Crippen molar-refractivity contribution >= 4 is 38.3 Å². The van der Waals surface area contributed by atoms with E-state index >= 15 is 0 Å². The molecule has 0 aliphatic rings. The fourth-order valence-corrected chi connectivity index (χ4v) is 2.84. The molecule has 3 aromatic carbocycles. The molecule has 0 aliphatic heterocycles. The van der Waals surface area contributed by atoms with Crippen molar-refractivity contribution in [3.05, 3.63) is 69.7 Å². The Labute approximate surface area is 135 Å². The van der Waals surface area contributed by atoms with Gasteiger partial charge < -0.3 is 4.74 Å². The van der Waals surface area contributed by atoms with Crippen LogP contribution in [-0.2, 0) is 0 Å². The molecule has 0 aliphatic carbocycles. The van der Waals surface area contributed by atoms with Crippen LogP contribution in [0.25, 0.3) is 10.8 Å². The molecule has 0 amide bonds. The van der Waals surface area contributed by atoms with Crippen LogP contribution in [0.4, 0.5) is 0 Å². The van der Waals surface area contributed by atoms with E-state index in [9.17, 15) is 0 Å². The summed E-state index contributed by atoms with van der Waals surface area (Å²) in [6, 6.07) is 18.9. The van der Waals surface area contributed by atoms with E-state index in [2.05, 4.69) is 22.0 Å². The molecule has 0 radical (unpaired) electrons. The van der Waals surface area contributed by atoms with Gasteiger partial charge in [-0.25, -0.2) is 0 Å². The molecule has 4 heteroatoms. The zero-order valence-corrected chi connectivity index (χ0v) is 13.1. The van der Waals surface area contributed by atoms with Crippen LogP contribution < -0.4 is 4.74 Å². The molecule has 0 aromatic heterocycles. The lowest BCUT2D eigenvalue weighted by molar-refractivity contribution is 0.479.